The van der Waals surface area contributed by atoms with Crippen molar-refractivity contribution in [2.45, 2.75) is 80.4 Å². The molecule has 1 aliphatic rings. The Labute approximate surface area is 115 Å². The lowest BCUT2D eigenvalue weighted by Crippen LogP contribution is -2.49. The van der Waals surface area contributed by atoms with Crippen LogP contribution in [0.1, 0.15) is 68.2 Å². The summed E-state index contributed by atoms with van der Waals surface area (Å²) in [6, 6.07) is 0. The summed E-state index contributed by atoms with van der Waals surface area (Å²) in [5, 5.41) is 0. The monoisotopic (exact) mass is 254 g/mol. The molecule has 0 N–H and O–H groups in total. The number of hydrogen-bond donors (Lipinski definition) is 0. The van der Waals surface area contributed by atoms with Gasteiger partial charge in [0.15, 0.2) is 0 Å². The minimum absolute atomic E-state index is 0.254. The predicted octanol–water partition coefficient (Wildman–Crippen LogP) is 5.14. The Morgan fingerprint density at radius 3 is 1.94 bits per heavy atom. The SMILES string of the molecule is CC(C)CCC1OC(C(C)(C)C)C(C)C(C)C1C. The Balaban J connectivity index is 2.74. The van der Waals surface area contributed by atoms with Gasteiger partial charge in [-0.3, -0.25) is 0 Å². The normalized spacial score (nSPS) is 38.2. The van der Waals surface area contributed by atoms with Gasteiger partial charge in [0.2, 0.25) is 0 Å². The summed E-state index contributed by atoms with van der Waals surface area (Å²) in [5.74, 6) is 2.90. The molecule has 1 saturated heterocycles. The fraction of sp³-hybridized carbons (Fsp3) is 1.00. The van der Waals surface area contributed by atoms with Crippen LogP contribution in [0, 0.1) is 29.1 Å². The van der Waals surface area contributed by atoms with Crippen molar-refractivity contribution in [1.82, 2.24) is 0 Å². The second-order valence-electron chi connectivity index (χ2n) is 8.01. The first-order chi connectivity index (χ1) is 8.14. The minimum Gasteiger partial charge on any atom is -0.374 e. The predicted molar refractivity (Wildman–Crippen MR) is 79.7 cm³/mol. The van der Waals surface area contributed by atoms with Gasteiger partial charge in [-0.25, -0.2) is 0 Å². The topological polar surface area (TPSA) is 9.23 Å². The van der Waals surface area contributed by atoms with Gasteiger partial charge in [0.05, 0.1) is 12.2 Å². The van der Waals surface area contributed by atoms with E-state index in [0.717, 1.165) is 11.8 Å². The van der Waals surface area contributed by atoms with Gasteiger partial charge < -0.3 is 4.74 Å². The molecule has 5 unspecified atom stereocenters. The summed E-state index contributed by atoms with van der Waals surface area (Å²) in [5.41, 5.74) is 0.254. The van der Waals surface area contributed by atoms with Crippen molar-refractivity contribution < 1.29 is 4.74 Å². The molecule has 1 fully saturated rings. The van der Waals surface area contributed by atoms with Crippen LogP contribution < -0.4 is 0 Å². The second kappa shape index (κ2) is 5.94. The van der Waals surface area contributed by atoms with Gasteiger partial charge in [0.25, 0.3) is 0 Å². The Morgan fingerprint density at radius 1 is 0.944 bits per heavy atom. The maximum absolute atomic E-state index is 6.50. The van der Waals surface area contributed by atoms with Crippen LogP contribution in [0.4, 0.5) is 0 Å². The highest BCUT2D eigenvalue weighted by Gasteiger charge is 2.43. The standard InChI is InChI=1S/C17H34O/c1-11(2)9-10-15-13(4)12(3)14(5)16(18-15)17(6,7)8/h11-16H,9-10H2,1-8H3. The Hall–Kier alpha value is -0.0400. The average Bonchev–Trinajstić information content (AvgIpc) is 2.23. The Kier molecular flexibility index (Phi) is 5.29. The summed E-state index contributed by atoms with van der Waals surface area (Å²) >= 11 is 0. The van der Waals surface area contributed by atoms with E-state index in [9.17, 15) is 0 Å². The summed E-state index contributed by atoms with van der Waals surface area (Å²) < 4.78 is 6.50. The minimum atomic E-state index is 0.254. The van der Waals surface area contributed by atoms with Crippen LogP contribution in [0.25, 0.3) is 0 Å². The summed E-state index contributed by atoms with van der Waals surface area (Å²) in [7, 11) is 0. The first-order valence-corrected chi connectivity index (χ1v) is 7.80. The highest BCUT2D eigenvalue weighted by Crippen LogP contribution is 2.43. The lowest BCUT2D eigenvalue weighted by molar-refractivity contribution is -0.173. The second-order valence-corrected chi connectivity index (χ2v) is 8.01. The quantitative estimate of drug-likeness (QED) is 0.677. The van der Waals surface area contributed by atoms with Crippen LogP contribution in [-0.2, 0) is 4.74 Å². The average molecular weight is 254 g/mol. The van der Waals surface area contributed by atoms with Crippen LogP contribution in [-0.4, -0.2) is 12.2 Å². The van der Waals surface area contributed by atoms with E-state index in [2.05, 4.69) is 55.4 Å². The zero-order chi connectivity index (χ0) is 14.1. The summed E-state index contributed by atoms with van der Waals surface area (Å²) in [6.07, 6.45) is 3.37. The van der Waals surface area contributed by atoms with E-state index in [1.54, 1.807) is 0 Å². The zero-order valence-corrected chi connectivity index (χ0v) is 13.8. The molecule has 0 aliphatic carbocycles. The molecule has 0 radical (unpaired) electrons. The van der Waals surface area contributed by atoms with Crippen LogP contribution in [0.15, 0.2) is 0 Å². The third-order valence-electron chi connectivity index (χ3n) is 4.93. The van der Waals surface area contributed by atoms with Crippen LogP contribution >= 0.6 is 0 Å². The van der Waals surface area contributed by atoms with Crippen molar-refractivity contribution >= 4 is 0 Å². The lowest BCUT2D eigenvalue weighted by Gasteiger charge is -2.49. The van der Waals surface area contributed by atoms with E-state index in [4.69, 9.17) is 4.74 Å². The number of rotatable bonds is 3. The maximum Gasteiger partial charge on any atom is 0.0655 e. The summed E-state index contributed by atoms with van der Waals surface area (Å²) in [4.78, 5) is 0. The molecule has 1 heteroatoms. The van der Waals surface area contributed by atoms with Crippen LogP contribution in [0.5, 0.6) is 0 Å². The van der Waals surface area contributed by atoms with Crippen molar-refractivity contribution in [2.24, 2.45) is 29.1 Å². The fourth-order valence-electron chi connectivity index (χ4n) is 3.35. The van der Waals surface area contributed by atoms with Crippen molar-refractivity contribution in [1.29, 1.82) is 0 Å². The van der Waals surface area contributed by atoms with Crippen LogP contribution in [0.3, 0.4) is 0 Å². The largest absolute Gasteiger partial charge is 0.374 e. The fourth-order valence-corrected chi connectivity index (χ4v) is 3.35. The van der Waals surface area contributed by atoms with Gasteiger partial charge in [-0.1, -0.05) is 55.4 Å². The first-order valence-electron chi connectivity index (χ1n) is 7.80. The zero-order valence-electron chi connectivity index (χ0n) is 13.8. The summed E-state index contributed by atoms with van der Waals surface area (Å²) in [6.45, 7) is 18.7. The third kappa shape index (κ3) is 3.73. The molecule has 0 aromatic heterocycles. The molecular formula is C17H34O. The maximum atomic E-state index is 6.50. The number of ether oxygens (including phenoxy) is 1. The Bertz CT molecular complexity index is 251. The molecule has 1 nitrogen and oxygen atoms in total. The van der Waals surface area contributed by atoms with Gasteiger partial charge in [0.1, 0.15) is 0 Å². The van der Waals surface area contributed by atoms with Crippen LogP contribution in [0.2, 0.25) is 0 Å². The van der Waals surface area contributed by atoms with E-state index in [0.29, 0.717) is 24.0 Å². The van der Waals surface area contributed by atoms with Gasteiger partial charge in [0, 0.05) is 0 Å². The molecule has 0 bridgehead atoms. The molecule has 0 saturated carbocycles. The molecule has 0 aromatic rings. The molecule has 1 rings (SSSR count). The first kappa shape index (κ1) is 16.0. The van der Waals surface area contributed by atoms with E-state index in [-0.39, 0.29) is 5.41 Å². The number of hydrogen-bond acceptors (Lipinski definition) is 1. The van der Waals surface area contributed by atoms with Crippen molar-refractivity contribution in [3.63, 3.8) is 0 Å². The van der Waals surface area contributed by atoms with E-state index < -0.39 is 0 Å². The van der Waals surface area contributed by atoms with Gasteiger partial charge in [-0.05, 0) is 41.9 Å². The van der Waals surface area contributed by atoms with E-state index >= 15 is 0 Å². The molecule has 1 aliphatic heterocycles. The molecule has 0 aromatic carbocycles. The highest BCUT2D eigenvalue weighted by atomic mass is 16.5. The van der Waals surface area contributed by atoms with Crippen molar-refractivity contribution in [2.75, 3.05) is 0 Å². The Morgan fingerprint density at radius 2 is 1.50 bits per heavy atom. The van der Waals surface area contributed by atoms with Gasteiger partial charge in [-0.2, -0.15) is 0 Å². The van der Waals surface area contributed by atoms with Crippen molar-refractivity contribution in [3.8, 4) is 0 Å². The molecule has 0 spiro atoms. The third-order valence-corrected chi connectivity index (χ3v) is 4.93. The van der Waals surface area contributed by atoms with Gasteiger partial charge >= 0.3 is 0 Å². The molecule has 18 heavy (non-hydrogen) atoms. The molecular weight excluding hydrogens is 220 g/mol. The smallest absolute Gasteiger partial charge is 0.0655 e. The van der Waals surface area contributed by atoms with E-state index in [1.165, 1.54) is 12.8 Å². The molecule has 1 heterocycles. The van der Waals surface area contributed by atoms with E-state index in [1.807, 2.05) is 0 Å². The molecule has 0 amide bonds. The lowest BCUT2D eigenvalue weighted by atomic mass is 9.69. The molecule has 5 atom stereocenters. The van der Waals surface area contributed by atoms with Crippen molar-refractivity contribution in [3.05, 3.63) is 0 Å². The highest BCUT2D eigenvalue weighted by molar-refractivity contribution is 4.91. The molecule has 108 valence electrons. The van der Waals surface area contributed by atoms with Gasteiger partial charge in [-0.15, -0.1) is 0 Å².